The molecule has 1 aliphatic heterocycles. The summed E-state index contributed by atoms with van der Waals surface area (Å²) < 4.78 is 0. The molecule has 28 heavy (non-hydrogen) atoms. The molecule has 1 saturated heterocycles. The van der Waals surface area contributed by atoms with E-state index in [4.69, 9.17) is 0 Å². The van der Waals surface area contributed by atoms with Crippen LogP contribution in [0.4, 0.5) is 17.7 Å². The maximum Gasteiger partial charge on any atom is 0.270 e. The second kappa shape index (κ2) is 9.23. The Morgan fingerprint density at radius 1 is 1.18 bits per heavy atom. The summed E-state index contributed by atoms with van der Waals surface area (Å²) >= 11 is 0. The van der Waals surface area contributed by atoms with E-state index in [2.05, 4.69) is 54.0 Å². The number of aromatic nitrogens is 4. The quantitative estimate of drug-likeness (QED) is 0.690. The molecule has 0 aromatic carbocycles. The Morgan fingerprint density at radius 2 is 1.96 bits per heavy atom. The average Bonchev–Trinajstić information content (AvgIpc) is 2.72. The number of anilines is 3. The molecule has 3 heterocycles. The van der Waals surface area contributed by atoms with Crippen molar-refractivity contribution >= 4 is 23.6 Å². The molecule has 148 valence electrons. The molecule has 0 unspecified atom stereocenters. The van der Waals surface area contributed by atoms with Crippen LogP contribution < -0.4 is 15.5 Å². The number of piperazine rings is 1. The summed E-state index contributed by atoms with van der Waals surface area (Å²) in [6.07, 6.45) is 2.33. The van der Waals surface area contributed by atoms with Crippen LogP contribution in [0.1, 0.15) is 23.2 Å². The van der Waals surface area contributed by atoms with Crippen LogP contribution in [0.5, 0.6) is 0 Å². The Morgan fingerprint density at radius 3 is 2.68 bits per heavy atom. The van der Waals surface area contributed by atoms with E-state index in [1.165, 1.54) is 0 Å². The molecule has 1 fully saturated rings. The molecule has 2 aromatic rings. The van der Waals surface area contributed by atoms with E-state index < -0.39 is 0 Å². The van der Waals surface area contributed by atoms with E-state index in [9.17, 15) is 4.79 Å². The minimum atomic E-state index is -0.258. The third kappa shape index (κ3) is 5.01. The largest absolute Gasteiger partial charge is 0.347 e. The van der Waals surface area contributed by atoms with Crippen LogP contribution >= 0.6 is 0 Å². The second-order valence-electron chi connectivity index (χ2n) is 6.55. The van der Waals surface area contributed by atoms with E-state index in [1.54, 1.807) is 24.3 Å². The van der Waals surface area contributed by atoms with Crippen molar-refractivity contribution < 1.29 is 4.79 Å². The zero-order chi connectivity index (χ0) is 19.9. The van der Waals surface area contributed by atoms with Gasteiger partial charge in [0.15, 0.2) is 0 Å². The molecule has 2 aromatic heterocycles. The topological polar surface area (TPSA) is 99.2 Å². The molecule has 0 spiro atoms. The molecule has 0 bridgehead atoms. The van der Waals surface area contributed by atoms with Gasteiger partial charge in [-0.05, 0) is 19.2 Å². The van der Waals surface area contributed by atoms with Crippen molar-refractivity contribution in [2.24, 2.45) is 0 Å². The highest BCUT2D eigenvalue weighted by atomic mass is 16.1. The van der Waals surface area contributed by atoms with Gasteiger partial charge >= 0.3 is 0 Å². The minimum absolute atomic E-state index is 0.258. The summed E-state index contributed by atoms with van der Waals surface area (Å²) in [4.78, 5) is 34.5. The third-order valence-corrected chi connectivity index (χ3v) is 4.40. The van der Waals surface area contributed by atoms with Crippen LogP contribution in [0.3, 0.4) is 0 Å². The number of rotatable bonds is 7. The van der Waals surface area contributed by atoms with Crippen molar-refractivity contribution in [2.45, 2.75) is 13.3 Å². The first-order chi connectivity index (χ1) is 13.6. The van der Waals surface area contributed by atoms with E-state index >= 15 is 0 Å². The maximum atomic E-state index is 12.1. The van der Waals surface area contributed by atoms with Gasteiger partial charge in [-0.15, -0.1) is 6.58 Å². The van der Waals surface area contributed by atoms with E-state index in [0.717, 1.165) is 26.2 Å². The summed E-state index contributed by atoms with van der Waals surface area (Å²) in [5, 5.41) is 5.82. The minimum Gasteiger partial charge on any atom is -0.347 e. The van der Waals surface area contributed by atoms with E-state index in [1.807, 2.05) is 6.92 Å². The lowest BCUT2D eigenvalue weighted by molar-refractivity contribution is 0.0953. The van der Waals surface area contributed by atoms with Crippen molar-refractivity contribution in [2.75, 3.05) is 50.0 Å². The van der Waals surface area contributed by atoms with Crippen LogP contribution in [0.25, 0.3) is 0 Å². The van der Waals surface area contributed by atoms with Gasteiger partial charge in [0, 0.05) is 39.1 Å². The first-order valence-electron chi connectivity index (χ1n) is 9.40. The Kier molecular flexibility index (Phi) is 6.49. The van der Waals surface area contributed by atoms with Gasteiger partial charge < -0.3 is 20.4 Å². The molecule has 3 rings (SSSR count). The number of likely N-dealkylation sites (N-methyl/N-ethyl adjacent to an activating group) is 1. The number of hydrogen-bond donors (Lipinski definition) is 2. The van der Waals surface area contributed by atoms with Gasteiger partial charge in [-0.2, -0.15) is 15.0 Å². The van der Waals surface area contributed by atoms with Gasteiger partial charge in [-0.1, -0.05) is 19.1 Å². The number of nitrogens with zero attached hydrogens (tertiary/aromatic N) is 6. The van der Waals surface area contributed by atoms with Crippen LogP contribution in [-0.2, 0) is 6.42 Å². The fourth-order valence-corrected chi connectivity index (χ4v) is 2.77. The van der Waals surface area contributed by atoms with Gasteiger partial charge in [0.05, 0.1) is 0 Å². The van der Waals surface area contributed by atoms with Crippen LogP contribution in [-0.4, -0.2) is 70.5 Å². The Labute approximate surface area is 164 Å². The zero-order valence-corrected chi connectivity index (χ0v) is 16.4. The summed E-state index contributed by atoms with van der Waals surface area (Å²) in [5.74, 6) is 2.06. The van der Waals surface area contributed by atoms with Gasteiger partial charge in [0.25, 0.3) is 5.91 Å². The fourth-order valence-electron chi connectivity index (χ4n) is 2.77. The standard InChI is InChI=1S/C19H26N8O/c1-4-9-20-17(28)14-7-6-8-16(21-14)23-18-22-15(5-2)24-19(25-18)27-12-10-26(3)11-13-27/h4,6-8H,1,5,9-13H2,2-3H3,(H,20,28)(H,21,22,23,24,25). The van der Waals surface area contributed by atoms with Crippen molar-refractivity contribution in [1.29, 1.82) is 0 Å². The summed E-state index contributed by atoms with van der Waals surface area (Å²) in [5.41, 5.74) is 0.316. The SMILES string of the molecule is C=CCNC(=O)c1cccc(Nc2nc(CC)nc(N3CCN(C)CC3)n2)n1. The van der Waals surface area contributed by atoms with Crippen LogP contribution in [0.2, 0.25) is 0 Å². The second-order valence-corrected chi connectivity index (χ2v) is 6.55. The van der Waals surface area contributed by atoms with E-state index in [0.29, 0.717) is 42.2 Å². The molecule has 0 atom stereocenters. The molecule has 9 heteroatoms. The van der Waals surface area contributed by atoms with Gasteiger partial charge in [0.1, 0.15) is 17.3 Å². The Hall–Kier alpha value is -3.07. The molecular weight excluding hydrogens is 356 g/mol. The Balaban J connectivity index is 1.79. The highest BCUT2D eigenvalue weighted by Gasteiger charge is 2.18. The number of amides is 1. The summed E-state index contributed by atoms with van der Waals surface area (Å²) in [6, 6.07) is 5.20. The first-order valence-corrected chi connectivity index (χ1v) is 9.40. The number of pyridine rings is 1. The first kappa shape index (κ1) is 19.7. The van der Waals surface area contributed by atoms with E-state index in [-0.39, 0.29) is 5.91 Å². The van der Waals surface area contributed by atoms with Crippen LogP contribution in [0, 0.1) is 0 Å². The highest BCUT2D eigenvalue weighted by molar-refractivity contribution is 5.92. The molecule has 0 radical (unpaired) electrons. The van der Waals surface area contributed by atoms with Crippen LogP contribution in [0.15, 0.2) is 30.9 Å². The fraction of sp³-hybridized carbons (Fsp3) is 0.421. The van der Waals surface area contributed by atoms with Gasteiger partial charge in [-0.25, -0.2) is 4.98 Å². The lowest BCUT2D eigenvalue weighted by Gasteiger charge is -2.32. The number of hydrogen-bond acceptors (Lipinski definition) is 8. The van der Waals surface area contributed by atoms with Gasteiger partial charge in [-0.3, -0.25) is 4.79 Å². The van der Waals surface area contributed by atoms with Crippen molar-refractivity contribution in [3.8, 4) is 0 Å². The van der Waals surface area contributed by atoms with Crippen molar-refractivity contribution in [3.05, 3.63) is 42.4 Å². The predicted octanol–water partition coefficient (Wildman–Crippen LogP) is 1.24. The normalized spacial score (nSPS) is 14.6. The molecule has 0 saturated carbocycles. The lowest BCUT2D eigenvalue weighted by Crippen LogP contribution is -2.45. The molecule has 1 amide bonds. The number of aryl methyl sites for hydroxylation is 1. The molecule has 2 N–H and O–H groups in total. The summed E-state index contributed by atoms with van der Waals surface area (Å²) in [7, 11) is 2.11. The predicted molar refractivity (Wildman–Crippen MR) is 109 cm³/mol. The smallest absolute Gasteiger partial charge is 0.270 e. The maximum absolute atomic E-state index is 12.1. The summed E-state index contributed by atoms with van der Waals surface area (Å²) in [6.45, 7) is 9.68. The molecule has 1 aliphatic rings. The average molecular weight is 382 g/mol. The van der Waals surface area contributed by atoms with Gasteiger partial charge in [0.2, 0.25) is 11.9 Å². The van der Waals surface area contributed by atoms with Crippen molar-refractivity contribution in [1.82, 2.24) is 30.2 Å². The van der Waals surface area contributed by atoms with Crippen molar-refractivity contribution in [3.63, 3.8) is 0 Å². The highest BCUT2D eigenvalue weighted by Crippen LogP contribution is 2.16. The third-order valence-electron chi connectivity index (χ3n) is 4.40. The monoisotopic (exact) mass is 382 g/mol. The molecule has 9 nitrogen and oxygen atoms in total. The number of nitrogens with one attached hydrogen (secondary N) is 2. The lowest BCUT2D eigenvalue weighted by atomic mass is 10.3. The Bertz CT molecular complexity index is 832. The molecule has 0 aliphatic carbocycles. The molecular formula is C19H26N8O. The number of carbonyl (C=O) groups excluding carboxylic acids is 1. The number of carbonyl (C=O) groups is 1. The zero-order valence-electron chi connectivity index (χ0n) is 16.4.